The van der Waals surface area contributed by atoms with E-state index in [-0.39, 0.29) is 6.04 Å². The molecule has 2 rings (SSSR count). The van der Waals surface area contributed by atoms with Crippen molar-refractivity contribution in [3.63, 3.8) is 0 Å². The zero-order valence-corrected chi connectivity index (χ0v) is 10.5. The largest absolute Gasteiger partial charge is 0.351 e. The molecule has 1 unspecified atom stereocenters. The molecule has 0 aliphatic carbocycles. The molecule has 2 aromatic heterocycles. The molecule has 0 aliphatic rings. The summed E-state index contributed by atoms with van der Waals surface area (Å²) in [7, 11) is 1.98. The lowest BCUT2D eigenvalue weighted by molar-refractivity contribution is 0.602. The zero-order chi connectivity index (χ0) is 12.3. The summed E-state index contributed by atoms with van der Waals surface area (Å²) >= 11 is 0. The van der Waals surface area contributed by atoms with Crippen molar-refractivity contribution in [2.24, 2.45) is 12.8 Å². The molecule has 0 saturated heterocycles. The monoisotopic (exact) mass is 232 g/mol. The van der Waals surface area contributed by atoms with Gasteiger partial charge in [-0.05, 0) is 25.1 Å². The quantitative estimate of drug-likeness (QED) is 0.846. The molecule has 0 saturated carbocycles. The second kappa shape index (κ2) is 5.19. The Bertz CT molecular complexity index is 467. The second-order valence-corrected chi connectivity index (χ2v) is 4.57. The van der Waals surface area contributed by atoms with Crippen molar-refractivity contribution >= 4 is 0 Å². The van der Waals surface area contributed by atoms with Gasteiger partial charge in [-0.25, -0.2) is 0 Å². The molecule has 2 aromatic rings. The summed E-state index contributed by atoms with van der Waals surface area (Å²) in [6.07, 6.45) is 5.89. The summed E-state index contributed by atoms with van der Waals surface area (Å²) in [4.78, 5) is 0. The molecule has 0 aliphatic heterocycles. The second-order valence-electron chi connectivity index (χ2n) is 4.57. The van der Waals surface area contributed by atoms with Crippen LogP contribution in [0.15, 0.2) is 30.6 Å². The van der Waals surface area contributed by atoms with Crippen LogP contribution in [-0.4, -0.2) is 20.4 Å². The lowest BCUT2D eigenvalue weighted by atomic mass is 10.2. The Kier molecular flexibility index (Phi) is 3.64. The maximum atomic E-state index is 5.84. The lowest BCUT2D eigenvalue weighted by Gasteiger charge is -2.11. The number of aryl methyl sites for hydroxylation is 3. The molecule has 0 bridgehead atoms. The molecule has 2 N–H and O–H groups in total. The van der Waals surface area contributed by atoms with Crippen molar-refractivity contribution < 1.29 is 0 Å². The summed E-state index contributed by atoms with van der Waals surface area (Å²) in [5.41, 5.74) is 8.40. The van der Waals surface area contributed by atoms with Crippen LogP contribution >= 0.6 is 0 Å². The van der Waals surface area contributed by atoms with Gasteiger partial charge in [0.25, 0.3) is 0 Å². The summed E-state index contributed by atoms with van der Waals surface area (Å²) < 4.78 is 4.20. The third-order valence-corrected chi connectivity index (χ3v) is 2.99. The molecular formula is C13H20N4. The van der Waals surface area contributed by atoms with Crippen LogP contribution in [0.2, 0.25) is 0 Å². The highest BCUT2D eigenvalue weighted by molar-refractivity contribution is 5.09. The normalized spacial score (nSPS) is 12.9. The molecule has 0 fully saturated rings. The van der Waals surface area contributed by atoms with Crippen LogP contribution in [0.3, 0.4) is 0 Å². The highest BCUT2D eigenvalue weighted by Crippen LogP contribution is 2.07. The Morgan fingerprint density at radius 3 is 2.82 bits per heavy atom. The van der Waals surface area contributed by atoms with Crippen LogP contribution in [0.1, 0.15) is 18.3 Å². The lowest BCUT2D eigenvalue weighted by Crippen LogP contribution is -2.20. The third kappa shape index (κ3) is 2.97. The van der Waals surface area contributed by atoms with E-state index >= 15 is 0 Å². The summed E-state index contributed by atoms with van der Waals surface area (Å²) in [6.45, 7) is 3.02. The maximum absolute atomic E-state index is 5.84. The summed E-state index contributed by atoms with van der Waals surface area (Å²) in [5.74, 6) is 0. The Morgan fingerprint density at radius 2 is 2.18 bits per heavy atom. The van der Waals surface area contributed by atoms with Crippen LogP contribution in [0.4, 0.5) is 0 Å². The average molecular weight is 232 g/mol. The van der Waals surface area contributed by atoms with E-state index < -0.39 is 0 Å². The highest BCUT2D eigenvalue weighted by Gasteiger charge is 2.05. The number of nitrogens with two attached hydrogens (primary N) is 1. The summed E-state index contributed by atoms with van der Waals surface area (Å²) in [6, 6.07) is 6.50. The molecule has 2 heterocycles. The average Bonchev–Trinajstić information content (AvgIpc) is 2.84. The summed E-state index contributed by atoms with van der Waals surface area (Å²) in [5, 5.41) is 4.17. The van der Waals surface area contributed by atoms with E-state index in [1.54, 1.807) is 0 Å². The Labute approximate surface area is 102 Å². The van der Waals surface area contributed by atoms with E-state index in [1.165, 1.54) is 11.4 Å². The molecule has 4 nitrogen and oxygen atoms in total. The van der Waals surface area contributed by atoms with Crippen LogP contribution < -0.4 is 5.73 Å². The predicted molar refractivity (Wildman–Crippen MR) is 68.7 cm³/mol. The van der Waals surface area contributed by atoms with E-state index in [9.17, 15) is 0 Å². The van der Waals surface area contributed by atoms with Crippen LogP contribution in [-0.2, 0) is 26.4 Å². The Balaban J connectivity index is 1.99. The standard InChI is InChI=1S/C13H20N4/c1-11(14)10-13-4-3-8-17(13)9-6-12-5-7-15-16(12)2/h3-5,7-8,11H,6,9-10,14H2,1-2H3. The van der Waals surface area contributed by atoms with Crippen molar-refractivity contribution in [3.8, 4) is 0 Å². The first kappa shape index (κ1) is 11.9. The van der Waals surface area contributed by atoms with Crippen molar-refractivity contribution in [1.82, 2.24) is 14.3 Å². The first-order valence-corrected chi connectivity index (χ1v) is 6.03. The fourth-order valence-corrected chi connectivity index (χ4v) is 2.06. The van der Waals surface area contributed by atoms with Crippen molar-refractivity contribution in [1.29, 1.82) is 0 Å². The van der Waals surface area contributed by atoms with Gasteiger partial charge in [-0.3, -0.25) is 4.68 Å². The molecule has 92 valence electrons. The molecule has 0 spiro atoms. The smallest absolute Gasteiger partial charge is 0.0492 e. The van der Waals surface area contributed by atoms with Crippen molar-refractivity contribution in [3.05, 3.63) is 42.0 Å². The number of nitrogens with zero attached hydrogens (tertiary/aromatic N) is 3. The minimum absolute atomic E-state index is 0.209. The van der Waals surface area contributed by atoms with Gasteiger partial charge < -0.3 is 10.3 Å². The highest BCUT2D eigenvalue weighted by atomic mass is 15.3. The van der Waals surface area contributed by atoms with Crippen LogP contribution in [0.25, 0.3) is 0 Å². The number of hydrogen-bond acceptors (Lipinski definition) is 2. The molecule has 0 amide bonds. The van der Waals surface area contributed by atoms with Gasteiger partial charge >= 0.3 is 0 Å². The number of rotatable bonds is 5. The molecule has 0 radical (unpaired) electrons. The number of aromatic nitrogens is 3. The molecule has 17 heavy (non-hydrogen) atoms. The first-order chi connectivity index (χ1) is 8.16. The van der Waals surface area contributed by atoms with E-state index in [2.05, 4.69) is 34.1 Å². The molecule has 4 heteroatoms. The van der Waals surface area contributed by atoms with E-state index in [0.29, 0.717) is 0 Å². The van der Waals surface area contributed by atoms with Gasteiger partial charge in [-0.1, -0.05) is 0 Å². The molecule has 0 aromatic carbocycles. The predicted octanol–water partition coefficient (Wildman–Crippen LogP) is 1.35. The van der Waals surface area contributed by atoms with Crippen LogP contribution in [0.5, 0.6) is 0 Å². The number of hydrogen-bond donors (Lipinski definition) is 1. The van der Waals surface area contributed by atoms with Crippen molar-refractivity contribution in [2.45, 2.75) is 32.4 Å². The maximum Gasteiger partial charge on any atom is 0.0492 e. The Hall–Kier alpha value is -1.55. The Morgan fingerprint density at radius 1 is 1.35 bits per heavy atom. The molecule has 1 atom stereocenters. The van der Waals surface area contributed by atoms with E-state index in [1.807, 2.05) is 24.9 Å². The van der Waals surface area contributed by atoms with Gasteiger partial charge in [0.15, 0.2) is 0 Å². The first-order valence-electron chi connectivity index (χ1n) is 6.03. The van der Waals surface area contributed by atoms with Crippen molar-refractivity contribution in [2.75, 3.05) is 0 Å². The third-order valence-electron chi connectivity index (χ3n) is 2.99. The minimum Gasteiger partial charge on any atom is -0.351 e. The van der Waals surface area contributed by atoms with E-state index in [4.69, 9.17) is 5.73 Å². The topological polar surface area (TPSA) is 48.8 Å². The van der Waals surface area contributed by atoms with Gasteiger partial charge in [-0.2, -0.15) is 5.10 Å². The van der Waals surface area contributed by atoms with Gasteiger partial charge in [0.2, 0.25) is 0 Å². The minimum atomic E-state index is 0.209. The zero-order valence-electron chi connectivity index (χ0n) is 10.5. The van der Waals surface area contributed by atoms with Gasteiger partial charge in [-0.15, -0.1) is 0 Å². The molecular weight excluding hydrogens is 212 g/mol. The fraction of sp³-hybridized carbons (Fsp3) is 0.462. The SMILES string of the molecule is CC(N)Cc1cccn1CCc1ccnn1C. The van der Waals surface area contributed by atoms with Gasteiger partial charge in [0.1, 0.15) is 0 Å². The van der Waals surface area contributed by atoms with Crippen LogP contribution in [0, 0.1) is 0 Å². The fourth-order valence-electron chi connectivity index (χ4n) is 2.06. The van der Waals surface area contributed by atoms with E-state index in [0.717, 1.165) is 19.4 Å². The van der Waals surface area contributed by atoms with Gasteiger partial charge in [0, 0.05) is 56.3 Å². The van der Waals surface area contributed by atoms with Gasteiger partial charge in [0.05, 0.1) is 0 Å².